The van der Waals surface area contributed by atoms with Gasteiger partial charge in [-0.3, -0.25) is 0 Å². The highest BCUT2D eigenvalue weighted by Gasteiger charge is 2.25. The smallest absolute Gasteiger partial charge is 0.317 e. The SMILES string of the molecule is CN(Cc1ccc(Br)o1)C(=O)NCC(C)(C)c1ccccc1F. The number of carbonyl (C=O) groups is 1. The van der Waals surface area contributed by atoms with Gasteiger partial charge in [-0.05, 0) is 39.7 Å². The average Bonchev–Trinajstić information content (AvgIpc) is 2.90. The van der Waals surface area contributed by atoms with Gasteiger partial charge in [0.1, 0.15) is 11.6 Å². The zero-order valence-corrected chi connectivity index (χ0v) is 15.0. The van der Waals surface area contributed by atoms with Crippen LogP contribution in [0.4, 0.5) is 9.18 Å². The van der Waals surface area contributed by atoms with E-state index in [-0.39, 0.29) is 11.8 Å². The van der Waals surface area contributed by atoms with Gasteiger partial charge in [0, 0.05) is 19.0 Å². The maximum absolute atomic E-state index is 13.9. The van der Waals surface area contributed by atoms with E-state index in [0.717, 1.165) is 0 Å². The number of hydrogen-bond donors (Lipinski definition) is 1. The molecule has 2 aromatic rings. The Labute approximate surface area is 143 Å². The van der Waals surface area contributed by atoms with Gasteiger partial charge < -0.3 is 14.6 Å². The number of furan rings is 1. The molecular weight excluding hydrogens is 363 g/mol. The molecule has 1 aromatic heterocycles. The lowest BCUT2D eigenvalue weighted by Crippen LogP contribution is -2.43. The maximum atomic E-state index is 13.9. The van der Waals surface area contributed by atoms with Gasteiger partial charge in [-0.25, -0.2) is 9.18 Å². The summed E-state index contributed by atoms with van der Waals surface area (Å²) in [6.07, 6.45) is 0. The molecule has 1 aromatic carbocycles. The van der Waals surface area contributed by atoms with Crippen molar-refractivity contribution < 1.29 is 13.6 Å². The molecule has 4 nitrogen and oxygen atoms in total. The third kappa shape index (κ3) is 4.58. The van der Waals surface area contributed by atoms with Crippen LogP contribution in [0, 0.1) is 5.82 Å². The monoisotopic (exact) mass is 382 g/mol. The first-order valence-electron chi connectivity index (χ1n) is 7.28. The number of carbonyl (C=O) groups excluding carboxylic acids is 1. The Bertz CT molecular complexity index is 685. The lowest BCUT2D eigenvalue weighted by molar-refractivity contribution is 0.200. The molecule has 0 saturated carbocycles. The number of urea groups is 1. The summed E-state index contributed by atoms with van der Waals surface area (Å²) in [7, 11) is 1.68. The molecule has 0 spiro atoms. The van der Waals surface area contributed by atoms with E-state index in [2.05, 4.69) is 21.2 Å². The fourth-order valence-corrected chi connectivity index (χ4v) is 2.62. The Morgan fingerprint density at radius 1 is 1.30 bits per heavy atom. The first-order chi connectivity index (χ1) is 10.8. The van der Waals surface area contributed by atoms with Crippen LogP contribution in [0.15, 0.2) is 45.5 Å². The molecule has 2 rings (SSSR count). The molecule has 0 aliphatic carbocycles. The largest absolute Gasteiger partial charge is 0.452 e. The van der Waals surface area contributed by atoms with Crippen molar-refractivity contribution in [1.82, 2.24) is 10.2 Å². The quantitative estimate of drug-likeness (QED) is 0.837. The molecule has 6 heteroatoms. The zero-order chi connectivity index (χ0) is 17.0. The third-order valence-electron chi connectivity index (χ3n) is 3.65. The summed E-state index contributed by atoms with van der Waals surface area (Å²) < 4.78 is 19.9. The highest BCUT2D eigenvalue weighted by Crippen LogP contribution is 2.25. The zero-order valence-electron chi connectivity index (χ0n) is 13.4. The molecular formula is C17H20BrFN2O2. The van der Waals surface area contributed by atoms with Crippen LogP contribution in [0.25, 0.3) is 0 Å². The minimum Gasteiger partial charge on any atom is -0.452 e. The second-order valence-electron chi connectivity index (χ2n) is 6.08. The minimum atomic E-state index is -0.504. The highest BCUT2D eigenvalue weighted by molar-refractivity contribution is 9.10. The van der Waals surface area contributed by atoms with Gasteiger partial charge in [-0.2, -0.15) is 0 Å². The van der Waals surface area contributed by atoms with E-state index >= 15 is 0 Å². The van der Waals surface area contributed by atoms with Crippen LogP contribution in [0.3, 0.4) is 0 Å². The average molecular weight is 383 g/mol. The van der Waals surface area contributed by atoms with Crippen molar-refractivity contribution in [1.29, 1.82) is 0 Å². The summed E-state index contributed by atoms with van der Waals surface area (Å²) in [5.41, 5.74) is 0.0770. The molecule has 124 valence electrons. The summed E-state index contributed by atoms with van der Waals surface area (Å²) in [4.78, 5) is 13.7. The molecule has 0 radical (unpaired) electrons. The fourth-order valence-electron chi connectivity index (χ4n) is 2.28. The molecule has 0 fully saturated rings. The van der Waals surface area contributed by atoms with Crippen LogP contribution in [0.5, 0.6) is 0 Å². The molecule has 2 amide bonds. The van der Waals surface area contributed by atoms with Crippen LogP contribution in [0.2, 0.25) is 0 Å². The van der Waals surface area contributed by atoms with E-state index in [1.165, 1.54) is 11.0 Å². The maximum Gasteiger partial charge on any atom is 0.317 e. The molecule has 0 aliphatic heterocycles. The van der Waals surface area contributed by atoms with Crippen LogP contribution < -0.4 is 5.32 Å². The Morgan fingerprint density at radius 3 is 2.61 bits per heavy atom. The number of amides is 2. The number of nitrogens with one attached hydrogen (secondary N) is 1. The van der Waals surface area contributed by atoms with Gasteiger partial charge in [0.15, 0.2) is 4.67 Å². The van der Waals surface area contributed by atoms with Gasteiger partial charge in [0.2, 0.25) is 0 Å². The second kappa shape index (κ2) is 7.17. The fraction of sp³-hybridized carbons (Fsp3) is 0.353. The topological polar surface area (TPSA) is 45.5 Å². The van der Waals surface area contributed by atoms with E-state index in [1.54, 1.807) is 37.4 Å². The van der Waals surface area contributed by atoms with Gasteiger partial charge >= 0.3 is 6.03 Å². The number of rotatable bonds is 5. The van der Waals surface area contributed by atoms with Crippen molar-refractivity contribution in [3.8, 4) is 0 Å². The lowest BCUT2D eigenvalue weighted by atomic mass is 9.84. The van der Waals surface area contributed by atoms with Crippen molar-refractivity contribution in [3.05, 3.63) is 58.2 Å². The summed E-state index contributed by atoms with van der Waals surface area (Å²) in [5, 5.41) is 2.84. The molecule has 1 N–H and O–H groups in total. The molecule has 0 unspecified atom stereocenters. The molecule has 1 heterocycles. The number of nitrogens with zero attached hydrogens (tertiary/aromatic N) is 1. The highest BCUT2D eigenvalue weighted by atomic mass is 79.9. The van der Waals surface area contributed by atoms with Gasteiger partial charge in [0.25, 0.3) is 0 Å². The molecule has 0 atom stereocenters. The van der Waals surface area contributed by atoms with Crippen LogP contribution in [-0.4, -0.2) is 24.5 Å². The predicted molar refractivity (Wildman–Crippen MR) is 90.7 cm³/mol. The molecule has 0 saturated heterocycles. The van der Waals surface area contributed by atoms with Crippen LogP contribution >= 0.6 is 15.9 Å². The Morgan fingerprint density at radius 2 is 2.00 bits per heavy atom. The Hall–Kier alpha value is -1.82. The summed E-state index contributed by atoms with van der Waals surface area (Å²) in [6, 6.07) is 9.97. The van der Waals surface area contributed by atoms with Crippen molar-refractivity contribution in [2.75, 3.05) is 13.6 Å². The standard InChI is InChI=1S/C17H20BrFN2O2/c1-17(2,13-6-4-5-7-14(13)19)11-20-16(22)21(3)10-12-8-9-15(18)23-12/h4-9H,10-11H2,1-3H3,(H,20,22). The van der Waals surface area contributed by atoms with E-state index in [9.17, 15) is 9.18 Å². The summed E-state index contributed by atoms with van der Waals surface area (Å²) in [5.74, 6) is 0.420. The van der Waals surface area contributed by atoms with E-state index in [1.807, 2.05) is 13.8 Å². The van der Waals surface area contributed by atoms with Gasteiger partial charge in [-0.15, -0.1) is 0 Å². The third-order valence-corrected chi connectivity index (χ3v) is 4.08. The van der Waals surface area contributed by atoms with Gasteiger partial charge in [0.05, 0.1) is 6.54 Å². The van der Waals surface area contributed by atoms with E-state index in [4.69, 9.17) is 4.42 Å². The first kappa shape index (κ1) is 17.5. The first-order valence-corrected chi connectivity index (χ1v) is 8.07. The van der Waals surface area contributed by atoms with E-state index < -0.39 is 5.41 Å². The molecule has 0 bridgehead atoms. The van der Waals surface area contributed by atoms with Crippen molar-refractivity contribution >= 4 is 22.0 Å². The molecule has 0 aliphatic rings. The summed E-state index contributed by atoms with van der Waals surface area (Å²) >= 11 is 3.23. The number of benzene rings is 1. The van der Waals surface area contributed by atoms with Crippen molar-refractivity contribution in [2.24, 2.45) is 0 Å². The predicted octanol–water partition coefficient (Wildman–Crippen LogP) is 4.30. The minimum absolute atomic E-state index is 0.234. The summed E-state index contributed by atoms with van der Waals surface area (Å²) in [6.45, 7) is 4.49. The van der Waals surface area contributed by atoms with E-state index in [0.29, 0.717) is 29.1 Å². The molecule has 23 heavy (non-hydrogen) atoms. The van der Waals surface area contributed by atoms with Crippen LogP contribution in [-0.2, 0) is 12.0 Å². The second-order valence-corrected chi connectivity index (χ2v) is 6.87. The Kier molecular flexibility index (Phi) is 5.46. The van der Waals surface area contributed by atoms with Crippen LogP contribution in [0.1, 0.15) is 25.2 Å². The Balaban J connectivity index is 1.94. The van der Waals surface area contributed by atoms with Crippen molar-refractivity contribution in [3.63, 3.8) is 0 Å². The lowest BCUT2D eigenvalue weighted by Gasteiger charge is -2.27. The normalized spacial score (nSPS) is 11.3. The van der Waals surface area contributed by atoms with Crippen molar-refractivity contribution in [2.45, 2.75) is 25.8 Å². The number of halogens is 2. The van der Waals surface area contributed by atoms with Gasteiger partial charge in [-0.1, -0.05) is 32.0 Å². The number of hydrogen-bond acceptors (Lipinski definition) is 2.